The number of benzene rings is 2. The number of imide groups is 1. The van der Waals surface area contributed by atoms with Crippen molar-refractivity contribution < 1.29 is 14.4 Å². The number of urea groups is 1. The van der Waals surface area contributed by atoms with Crippen LogP contribution in [0.2, 0.25) is 0 Å². The largest absolute Gasteiger partial charge is 0.325 e. The first-order chi connectivity index (χ1) is 12.3. The number of anilines is 1. The first-order valence-corrected chi connectivity index (χ1v) is 8.85. The normalized spacial score (nSPS) is 19.4. The van der Waals surface area contributed by atoms with Crippen molar-refractivity contribution in [1.29, 1.82) is 0 Å². The molecule has 4 amide bonds. The van der Waals surface area contributed by atoms with Crippen LogP contribution in [0, 0.1) is 6.92 Å². The fourth-order valence-electron chi connectivity index (χ4n) is 2.83. The number of rotatable bonds is 4. The van der Waals surface area contributed by atoms with Gasteiger partial charge in [0.25, 0.3) is 5.91 Å². The molecule has 2 aromatic rings. The van der Waals surface area contributed by atoms with E-state index < -0.39 is 23.4 Å². The van der Waals surface area contributed by atoms with Crippen molar-refractivity contribution >= 4 is 39.5 Å². The summed E-state index contributed by atoms with van der Waals surface area (Å²) in [6.45, 7) is 3.24. The van der Waals surface area contributed by atoms with E-state index in [1.165, 1.54) is 0 Å². The fourth-order valence-corrected chi connectivity index (χ4v) is 3.23. The molecule has 3 rings (SSSR count). The molecule has 26 heavy (non-hydrogen) atoms. The van der Waals surface area contributed by atoms with Crippen molar-refractivity contribution in [3.05, 3.63) is 64.1 Å². The minimum absolute atomic E-state index is 0.349. The topological polar surface area (TPSA) is 78.5 Å². The van der Waals surface area contributed by atoms with Gasteiger partial charge in [-0.1, -0.05) is 51.8 Å². The number of hydrogen-bond donors (Lipinski definition) is 2. The Labute approximate surface area is 159 Å². The molecule has 6 nitrogen and oxygen atoms in total. The molecule has 0 aromatic heterocycles. The van der Waals surface area contributed by atoms with Gasteiger partial charge in [-0.3, -0.25) is 14.5 Å². The molecule has 1 aliphatic rings. The Morgan fingerprint density at radius 3 is 2.54 bits per heavy atom. The van der Waals surface area contributed by atoms with Gasteiger partial charge >= 0.3 is 6.03 Å². The fraction of sp³-hybridized carbons (Fsp3) is 0.211. The number of carbonyl (C=O) groups is 3. The molecule has 0 spiro atoms. The van der Waals surface area contributed by atoms with E-state index in [9.17, 15) is 14.4 Å². The molecule has 1 saturated heterocycles. The van der Waals surface area contributed by atoms with E-state index >= 15 is 0 Å². The first-order valence-electron chi connectivity index (χ1n) is 8.06. The molecular weight excluding hydrogens is 398 g/mol. The van der Waals surface area contributed by atoms with Crippen LogP contribution in [0.25, 0.3) is 0 Å². The van der Waals surface area contributed by atoms with E-state index in [1.54, 1.807) is 37.3 Å². The average Bonchev–Trinajstić information content (AvgIpc) is 2.79. The highest BCUT2D eigenvalue weighted by Gasteiger charge is 2.49. The van der Waals surface area contributed by atoms with Crippen LogP contribution in [0.3, 0.4) is 0 Å². The lowest BCUT2D eigenvalue weighted by Gasteiger charge is -2.22. The molecular formula is C19H18BrN3O3. The number of amides is 4. The van der Waals surface area contributed by atoms with E-state index in [-0.39, 0.29) is 6.54 Å². The van der Waals surface area contributed by atoms with Gasteiger partial charge in [-0.15, -0.1) is 0 Å². The average molecular weight is 416 g/mol. The zero-order chi connectivity index (χ0) is 18.9. The molecule has 7 heteroatoms. The molecule has 1 atom stereocenters. The van der Waals surface area contributed by atoms with Crippen LogP contribution in [-0.4, -0.2) is 29.3 Å². The Bertz CT molecular complexity index is 882. The predicted octanol–water partition coefficient (Wildman–Crippen LogP) is 3.16. The van der Waals surface area contributed by atoms with E-state index in [4.69, 9.17) is 0 Å². The van der Waals surface area contributed by atoms with Crippen LogP contribution < -0.4 is 10.6 Å². The number of aryl methyl sites for hydroxylation is 1. The van der Waals surface area contributed by atoms with Gasteiger partial charge in [0.2, 0.25) is 5.91 Å². The van der Waals surface area contributed by atoms with Crippen molar-refractivity contribution in [2.24, 2.45) is 0 Å². The van der Waals surface area contributed by atoms with Gasteiger partial charge in [0.05, 0.1) is 0 Å². The lowest BCUT2D eigenvalue weighted by Crippen LogP contribution is -2.42. The SMILES string of the molecule is Cc1ccc(C2(C)NC(=O)N(CC(=O)Nc3cccc(Br)c3)C2=O)cc1. The Balaban J connectivity index is 1.74. The summed E-state index contributed by atoms with van der Waals surface area (Å²) in [4.78, 5) is 38.3. The van der Waals surface area contributed by atoms with E-state index in [2.05, 4.69) is 26.6 Å². The third kappa shape index (κ3) is 3.48. The minimum Gasteiger partial charge on any atom is -0.324 e. The summed E-state index contributed by atoms with van der Waals surface area (Å²) in [7, 11) is 0. The summed E-state index contributed by atoms with van der Waals surface area (Å²) in [5.41, 5.74) is 1.13. The van der Waals surface area contributed by atoms with Gasteiger partial charge in [-0.2, -0.15) is 0 Å². The van der Waals surface area contributed by atoms with Gasteiger partial charge < -0.3 is 10.6 Å². The zero-order valence-corrected chi connectivity index (χ0v) is 16.0. The number of nitrogens with zero attached hydrogens (tertiary/aromatic N) is 1. The van der Waals surface area contributed by atoms with E-state index in [0.717, 1.165) is 14.9 Å². The summed E-state index contributed by atoms with van der Waals surface area (Å²) in [5.74, 6) is -0.893. The van der Waals surface area contributed by atoms with E-state index in [0.29, 0.717) is 11.3 Å². The molecule has 1 heterocycles. The molecule has 134 valence electrons. The zero-order valence-electron chi connectivity index (χ0n) is 14.4. The molecule has 1 fully saturated rings. The third-order valence-corrected chi connectivity index (χ3v) is 4.81. The maximum absolute atomic E-state index is 12.8. The predicted molar refractivity (Wildman–Crippen MR) is 102 cm³/mol. The molecule has 2 N–H and O–H groups in total. The number of nitrogens with one attached hydrogen (secondary N) is 2. The highest BCUT2D eigenvalue weighted by Crippen LogP contribution is 2.29. The smallest absolute Gasteiger partial charge is 0.324 e. The Morgan fingerprint density at radius 1 is 1.19 bits per heavy atom. The number of carbonyl (C=O) groups excluding carboxylic acids is 3. The van der Waals surface area contributed by atoms with Gasteiger partial charge in [0.1, 0.15) is 12.1 Å². The minimum atomic E-state index is -1.18. The highest BCUT2D eigenvalue weighted by molar-refractivity contribution is 9.10. The van der Waals surface area contributed by atoms with Crippen LogP contribution in [0.1, 0.15) is 18.1 Å². The molecule has 1 unspecified atom stereocenters. The number of halogens is 1. The standard InChI is InChI=1S/C19H18BrN3O3/c1-12-6-8-13(9-7-12)19(2)17(25)23(18(26)22-19)11-16(24)21-15-5-3-4-14(20)10-15/h3-10H,11H2,1-2H3,(H,21,24)(H,22,26). The maximum Gasteiger partial charge on any atom is 0.325 e. The first kappa shape index (κ1) is 18.1. The molecule has 0 radical (unpaired) electrons. The van der Waals surface area contributed by atoms with Crippen molar-refractivity contribution in [2.75, 3.05) is 11.9 Å². The molecule has 0 saturated carbocycles. The van der Waals surface area contributed by atoms with Gasteiger partial charge in [0.15, 0.2) is 0 Å². The van der Waals surface area contributed by atoms with Crippen LogP contribution in [0.5, 0.6) is 0 Å². The summed E-state index contributed by atoms with van der Waals surface area (Å²) < 4.78 is 0.817. The van der Waals surface area contributed by atoms with Crippen LogP contribution in [0.15, 0.2) is 53.0 Å². The molecule has 2 aromatic carbocycles. The Morgan fingerprint density at radius 2 is 1.88 bits per heavy atom. The maximum atomic E-state index is 12.8. The Hall–Kier alpha value is -2.67. The van der Waals surface area contributed by atoms with Crippen LogP contribution in [-0.2, 0) is 15.1 Å². The second kappa shape index (κ2) is 6.92. The summed E-state index contributed by atoms with van der Waals surface area (Å²) >= 11 is 3.33. The summed E-state index contributed by atoms with van der Waals surface area (Å²) in [5, 5.41) is 5.38. The highest BCUT2D eigenvalue weighted by atomic mass is 79.9. The van der Waals surface area contributed by atoms with Gasteiger partial charge in [-0.05, 0) is 37.6 Å². The van der Waals surface area contributed by atoms with Gasteiger partial charge in [0, 0.05) is 10.2 Å². The lowest BCUT2D eigenvalue weighted by molar-refractivity contribution is -0.133. The second-order valence-corrected chi connectivity index (χ2v) is 7.29. The Kier molecular flexibility index (Phi) is 4.82. The molecule has 0 bridgehead atoms. The van der Waals surface area contributed by atoms with Crippen molar-refractivity contribution in [3.8, 4) is 0 Å². The van der Waals surface area contributed by atoms with E-state index in [1.807, 2.05) is 25.1 Å². The second-order valence-electron chi connectivity index (χ2n) is 6.37. The number of hydrogen-bond acceptors (Lipinski definition) is 3. The lowest BCUT2D eigenvalue weighted by atomic mass is 9.91. The summed E-state index contributed by atoms with van der Waals surface area (Å²) in [6.07, 6.45) is 0. The molecule has 1 aliphatic heterocycles. The van der Waals surface area contributed by atoms with Crippen molar-refractivity contribution in [2.45, 2.75) is 19.4 Å². The third-order valence-electron chi connectivity index (χ3n) is 4.31. The van der Waals surface area contributed by atoms with Crippen molar-refractivity contribution in [1.82, 2.24) is 10.2 Å². The van der Waals surface area contributed by atoms with Crippen LogP contribution >= 0.6 is 15.9 Å². The quantitative estimate of drug-likeness (QED) is 0.752. The van der Waals surface area contributed by atoms with Crippen LogP contribution in [0.4, 0.5) is 10.5 Å². The molecule has 0 aliphatic carbocycles. The van der Waals surface area contributed by atoms with Crippen molar-refractivity contribution in [3.63, 3.8) is 0 Å². The van der Waals surface area contributed by atoms with Gasteiger partial charge in [-0.25, -0.2) is 4.79 Å². The summed E-state index contributed by atoms with van der Waals surface area (Å²) in [6, 6.07) is 13.9. The monoisotopic (exact) mass is 415 g/mol.